The van der Waals surface area contributed by atoms with Crippen LogP contribution in [-0.4, -0.2) is 57.3 Å². The second-order valence-corrected chi connectivity index (χ2v) is 9.74. The van der Waals surface area contributed by atoms with Crippen LogP contribution in [0.2, 0.25) is 0 Å². The van der Waals surface area contributed by atoms with Crippen molar-refractivity contribution in [1.29, 1.82) is 0 Å². The monoisotopic (exact) mass is 485 g/mol. The topological polar surface area (TPSA) is 110 Å². The number of hydrogen-bond acceptors (Lipinski definition) is 5. The van der Waals surface area contributed by atoms with Crippen molar-refractivity contribution in [2.24, 2.45) is 0 Å². The van der Waals surface area contributed by atoms with Gasteiger partial charge in [0, 0.05) is 0 Å². The predicted molar refractivity (Wildman–Crippen MR) is 141 cm³/mol. The molecule has 0 aromatic heterocycles. The zero-order chi connectivity index (χ0) is 25.4. The van der Waals surface area contributed by atoms with E-state index in [-0.39, 0.29) is 0 Å². The smallest absolute Gasteiger partial charge is 0.249 e. The van der Waals surface area contributed by atoms with E-state index in [0.717, 1.165) is 51.4 Å². The molecule has 6 nitrogen and oxygen atoms in total. The molecule has 202 valence electrons. The molecule has 34 heavy (non-hydrogen) atoms. The summed E-state index contributed by atoms with van der Waals surface area (Å²) in [5.74, 6) is -0.604. The molecule has 0 aliphatic carbocycles. The zero-order valence-electron chi connectivity index (χ0n) is 22.1. The van der Waals surface area contributed by atoms with Crippen molar-refractivity contribution in [3.8, 4) is 0 Å². The minimum Gasteiger partial charge on any atom is -0.394 e. The largest absolute Gasteiger partial charge is 0.394 e. The number of amides is 1. The number of aliphatic hydroxyl groups excluding tert-OH is 4. The van der Waals surface area contributed by atoms with Crippen LogP contribution in [0.1, 0.15) is 129 Å². The fourth-order valence-corrected chi connectivity index (χ4v) is 4.10. The highest BCUT2D eigenvalue weighted by Gasteiger charge is 2.28. The number of rotatable bonds is 24. The summed E-state index contributed by atoms with van der Waals surface area (Å²) < 4.78 is 0. The Morgan fingerprint density at radius 2 is 1.18 bits per heavy atom. The summed E-state index contributed by atoms with van der Waals surface area (Å²) in [7, 11) is 0. The first-order chi connectivity index (χ1) is 16.5. The van der Waals surface area contributed by atoms with Gasteiger partial charge >= 0.3 is 0 Å². The van der Waals surface area contributed by atoms with Gasteiger partial charge in [0.25, 0.3) is 0 Å². The van der Waals surface area contributed by atoms with E-state index >= 15 is 0 Å². The van der Waals surface area contributed by atoms with Gasteiger partial charge in [0.05, 0.1) is 18.8 Å². The Labute approximate surface area is 209 Å². The highest BCUT2D eigenvalue weighted by molar-refractivity contribution is 5.80. The molecule has 0 radical (unpaired) electrons. The van der Waals surface area contributed by atoms with E-state index in [9.17, 15) is 25.2 Å². The van der Waals surface area contributed by atoms with E-state index in [1.54, 1.807) is 0 Å². The number of allylic oxidation sites excluding steroid dienone is 2. The van der Waals surface area contributed by atoms with Crippen molar-refractivity contribution in [3.05, 3.63) is 12.2 Å². The maximum absolute atomic E-state index is 12.2. The highest BCUT2D eigenvalue weighted by Crippen LogP contribution is 2.12. The van der Waals surface area contributed by atoms with Crippen molar-refractivity contribution in [1.82, 2.24) is 5.32 Å². The minimum atomic E-state index is -1.25. The molecule has 0 aliphatic rings. The highest BCUT2D eigenvalue weighted by atomic mass is 16.3. The van der Waals surface area contributed by atoms with Crippen LogP contribution in [0.25, 0.3) is 0 Å². The van der Waals surface area contributed by atoms with E-state index in [1.165, 1.54) is 51.4 Å². The van der Waals surface area contributed by atoms with Gasteiger partial charge in [-0.1, -0.05) is 103 Å². The van der Waals surface area contributed by atoms with E-state index < -0.39 is 36.9 Å². The molecule has 1 amide bonds. The standard InChI is InChI=1S/C28H55NO5/c1-3-5-7-8-9-10-11-12-13-14-15-16-17-18-20-22-26(32)28(34)29-24(23-30)27(33)25(31)21-19-6-4-2/h13-14,24-27,30-33H,3-12,15-23H2,1-2H3,(H,29,34)/b14-13-. The second kappa shape index (κ2) is 23.8. The third-order valence-electron chi connectivity index (χ3n) is 6.48. The van der Waals surface area contributed by atoms with Crippen LogP contribution >= 0.6 is 0 Å². The van der Waals surface area contributed by atoms with Crippen LogP contribution in [0.15, 0.2) is 12.2 Å². The number of aliphatic hydroxyl groups is 4. The minimum absolute atomic E-state index is 0.354. The third-order valence-corrected chi connectivity index (χ3v) is 6.48. The van der Waals surface area contributed by atoms with Gasteiger partial charge in [-0.15, -0.1) is 0 Å². The van der Waals surface area contributed by atoms with Crippen molar-refractivity contribution in [2.45, 2.75) is 154 Å². The van der Waals surface area contributed by atoms with Crippen LogP contribution in [0.5, 0.6) is 0 Å². The lowest BCUT2D eigenvalue weighted by molar-refractivity contribution is -0.132. The van der Waals surface area contributed by atoms with Gasteiger partial charge in [0.15, 0.2) is 0 Å². The Kier molecular flexibility index (Phi) is 23.1. The van der Waals surface area contributed by atoms with Gasteiger partial charge in [-0.3, -0.25) is 4.79 Å². The van der Waals surface area contributed by atoms with Crippen LogP contribution in [-0.2, 0) is 4.79 Å². The van der Waals surface area contributed by atoms with Gasteiger partial charge in [-0.25, -0.2) is 0 Å². The Morgan fingerprint density at radius 1 is 0.706 bits per heavy atom. The summed E-state index contributed by atoms with van der Waals surface area (Å²) in [5.41, 5.74) is 0. The average molecular weight is 486 g/mol. The summed E-state index contributed by atoms with van der Waals surface area (Å²) in [6.45, 7) is 3.81. The molecule has 0 aromatic rings. The molecule has 0 spiro atoms. The Balaban J connectivity index is 3.82. The molecule has 4 atom stereocenters. The molecule has 0 aromatic carbocycles. The molecule has 0 aliphatic heterocycles. The first kappa shape index (κ1) is 33.0. The molecule has 0 saturated heterocycles. The lowest BCUT2D eigenvalue weighted by Crippen LogP contribution is -2.53. The summed E-state index contributed by atoms with van der Waals surface area (Å²) in [5, 5.41) is 42.4. The van der Waals surface area contributed by atoms with Crippen molar-refractivity contribution >= 4 is 5.91 Å². The summed E-state index contributed by atoms with van der Waals surface area (Å²) >= 11 is 0. The Morgan fingerprint density at radius 3 is 1.74 bits per heavy atom. The number of hydrogen-bond donors (Lipinski definition) is 5. The lowest BCUT2D eigenvalue weighted by Gasteiger charge is -2.27. The molecule has 0 saturated carbocycles. The summed E-state index contributed by atoms with van der Waals surface area (Å²) in [6, 6.07) is -0.980. The van der Waals surface area contributed by atoms with Gasteiger partial charge in [-0.2, -0.15) is 0 Å². The Hall–Kier alpha value is -0.950. The predicted octanol–water partition coefficient (Wildman–Crippen LogP) is 5.16. The van der Waals surface area contributed by atoms with Gasteiger partial charge < -0.3 is 25.7 Å². The third kappa shape index (κ3) is 18.4. The van der Waals surface area contributed by atoms with Crippen LogP contribution in [0, 0.1) is 0 Å². The van der Waals surface area contributed by atoms with Crippen molar-refractivity contribution in [3.63, 3.8) is 0 Å². The molecule has 0 rings (SSSR count). The average Bonchev–Trinajstić information content (AvgIpc) is 2.84. The molecule has 0 bridgehead atoms. The molecular weight excluding hydrogens is 430 g/mol. The van der Waals surface area contributed by atoms with E-state index in [1.807, 2.05) is 0 Å². The molecule has 4 unspecified atom stereocenters. The number of carbonyl (C=O) groups is 1. The summed E-state index contributed by atoms with van der Waals surface area (Å²) in [6.07, 6.45) is 20.2. The van der Waals surface area contributed by atoms with Crippen LogP contribution < -0.4 is 5.32 Å². The van der Waals surface area contributed by atoms with Gasteiger partial charge in [0.1, 0.15) is 12.2 Å². The van der Waals surface area contributed by atoms with Crippen molar-refractivity contribution in [2.75, 3.05) is 6.61 Å². The van der Waals surface area contributed by atoms with E-state index in [4.69, 9.17) is 0 Å². The number of nitrogens with one attached hydrogen (secondary N) is 1. The molecule has 5 N–H and O–H groups in total. The first-order valence-electron chi connectivity index (χ1n) is 14.1. The number of unbranched alkanes of at least 4 members (excludes halogenated alkanes) is 13. The second-order valence-electron chi connectivity index (χ2n) is 9.74. The fraction of sp³-hybridized carbons (Fsp3) is 0.893. The maximum atomic E-state index is 12.2. The quantitative estimate of drug-likeness (QED) is 0.0957. The van der Waals surface area contributed by atoms with Crippen molar-refractivity contribution < 1.29 is 25.2 Å². The first-order valence-corrected chi connectivity index (χ1v) is 14.1. The zero-order valence-corrected chi connectivity index (χ0v) is 22.1. The lowest BCUT2D eigenvalue weighted by atomic mass is 10.00. The molecule has 6 heteroatoms. The Bertz CT molecular complexity index is 485. The number of carbonyl (C=O) groups excluding carboxylic acids is 1. The molecular formula is C28H55NO5. The van der Waals surface area contributed by atoms with E-state index in [0.29, 0.717) is 12.8 Å². The fourth-order valence-electron chi connectivity index (χ4n) is 4.10. The SMILES string of the molecule is CCCCCCCCC/C=C\CCCCCCC(O)C(=O)NC(CO)C(O)C(O)CCCCC. The summed E-state index contributed by atoms with van der Waals surface area (Å²) in [4.78, 5) is 12.2. The van der Waals surface area contributed by atoms with Crippen LogP contribution in [0.4, 0.5) is 0 Å². The normalized spacial score (nSPS) is 15.4. The van der Waals surface area contributed by atoms with Crippen LogP contribution in [0.3, 0.4) is 0 Å². The van der Waals surface area contributed by atoms with Gasteiger partial charge in [0.2, 0.25) is 5.91 Å². The maximum Gasteiger partial charge on any atom is 0.249 e. The molecule has 0 heterocycles. The van der Waals surface area contributed by atoms with E-state index in [2.05, 4.69) is 31.3 Å². The van der Waals surface area contributed by atoms with Gasteiger partial charge in [-0.05, 0) is 38.5 Å². The molecule has 0 fully saturated rings.